The summed E-state index contributed by atoms with van der Waals surface area (Å²) >= 11 is 0. The zero-order valence-electron chi connectivity index (χ0n) is 10.0. The highest BCUT2D eigenvalue weighted by atomic mass is 16.5. The molecule has 1 aromatic rings. The molecule has 0 saturated carbocycles. The maximum atomic E-state index is 9.95. The molecular weight excluding hydrogens is 218 g/mol. The summed E-state index contributed by atoms with van der Waals surface area (Å²) in [5.74, 6) is 0.506. The molecule has 94 valence electrons. The Morgan fingerprint density at radius 1 is 1.53 bits per heavy atom. The zero-order chi connectivity index (χ0) is 12.8. The van der Waals surface area contributed by atoms with Gasteiger partial charge in [0.2, 0.25) is 0 Å². The lowest BCUT2D eigenvalue weighted by Gasteiger charge is -2.15. The van der Waals surface area contributed by atoms with E-state index in [1.54, 1.807) is 18.2 Å². The van der Waals surface area contributed by atoms with Gasteiger partial charge in [0.25, 0.3) is 0 Å². The molecule has 0 aliphatic heterocycles. The fourth-order valence-corrected chi connectivity index (χ4v) is 1.59. The minimum absolute atomic E-state index is 0.112. The summed E-state index contributed by atoms with van der Waals surface area (Å²) in [7, 11) is 0. The second-order valence-corrected chi connectivity index (χ2v) is 3.74. The van der Waals surface area contributed by atoms with Crippen molar-refractivity contribution < 1.29 is 14.9 Å². The second kappa shape index (κ2) is 6.27. The molecule has 0 aliphatic rings. The van der Waals surface area contributed by atoms with E-state index in [0.717, 1.165) is 5.56 Å². The number of rotatable bonds is 6. The number of hydrogen-bond donors (Lipinski definition) is 3. The van der Waals surface area contributed by atoms with E-state index >= 15 is 0 Å². The van der Waals surface area contributed by atoms with Crippen LogP contribution in [0.15, 0.2) is 24.8 Å². The molecule has 0 spiro atoms. The minimum atomic E-state index is -0.474. The Balaban J connectivity index is 3.20. The first kappa shape index (κ1) is 13.5. The molecule has 0 unspecified atom stereocenters. The third-order valence-electron chi connectivity index (χ3n) is 2.47. The molecule has 0 aliphatic carbocycles. The Morgan fingerprint density at radius 3 is 2.76 bits per heavy atom. The Kier molecular flexibility index (Phi) is 5.00. The Bertz CT molecular complexity index is 390. The van der Waals surface area contributed by atoms with Crippen LogP contribution >= 0.6 is 0 Å². The Hall–Kier alpha value is -1.52. The largest absolute Gasteiger partial charge is 0.504 e. The van der Waals surface area contributed by atoms with Gasteiger partial charge in [0.15, 0.2) is 11.5 Å². The number of hydrogen-bond acceptors (Lipinski definition) is 4. The van der Waals surface area contributed by atoms with Crippen LogP contribution in [0.4, 0.5) is 0 Å². The summed E-state index contributed by atoms with van der Waals surface area (Å²) in [6, 6.07) is 2.95. The van der Waals surface area contributed by atoms with Crippen molar-refractivity contribution in [2.24, 2.45) is 5.73 Å². The quantitative estimate of drug-likeness (QED) is 0.655. The van der Waals surface area contributed by atoms with E-state index in [1.807, 2.05) is 6.92 Å². The second-order valence-electron chi connectivity index (χ2n) is 3.74. The lowest BCUT2D eigenvalue weighted by molar-refractivity contribution is 0.267. The van der Waals surface area contributed by atoms with E-state index in [1.165, 1.54) is 0 Å². The van der Waals surface area contributed by atoms with Crippen LogP contribution in [0.3, 0.4) is 0 Å². The van der Waals surface area contributed by atoms with Crippen LogP contribution in [0.5, 0.6) is 11.5 Å². The SMILES string of the molecule is C=CCc1cc([C@@H](N)CO)cc(OCC)c1O. The molecular formula is C13H19NO3. The number of aromatic hydroxyl groups is 1. The van der Waals surface area contributed by atoms with Crippen molar-refractivity contribution in [1.29, 1.82) is 0 Å². The Morgan fingerprint density at radius 2 is 2.24 bits per heavy atom. The topological polar surface area (TPSA) is 75.7 Å². The number of allylic oxidation sites excluding steroid dienone is 1. The number of phenolic OH excluding ortho intramolecular Hbond substituents is 1. The van der Waals surface area contributed by atoms with Crippen molar-refractivity contribution in [1.82, 2.24) is 0 Å². The maximum Gasteiger partial charge on any atom is 0.161 e. The fourth-order valence-electron chi connectivity index (χ4n) is 1.59. The Labute approximate surface area is 101 Å². The van der Waals surface area contributed by atoms with Crippen molar-refractivity contribution in [3.63, 3.8) is 0 Å². The molecule has 0 aromatic heterocycles. The molecule has 1 rings (SSSR count). The first-order valence-corrected chi connectivity index (χ1v) is 5.59. The molecule has 0 fully saturated rings. The molecule has 17 heavy (non-hydrogen) atoms. The predicted molar refractivity (Wildman–Crippen MR) is 67.2 cm³/mol. The molecule has 4 N–H and O–H groups in total. The molecule has 1 atom stereocenters. The number of aliphatic hydroxyl groups excluding tert-OH is 1. The third-order valence-corrected chi connectivity index (χ3v) is 2.47. The maximum absolute atomic E-state index is 9.95. The van der Waals surface area contributed by atoms with Crippen LogP contribution in [0, 0.1) is 0 Å². The van der Waals surface area contributed by atoms with Crippen LogP contribution in [-0.2, 0) is 6.42 Å². The van der Waals surface area contributed by atoms with Crippen molar-refractivity contribution in [3.8, 4) is 11.5 Å². The number of nitrogens with two attached hydrogens (primary N) is 1. The van der Waals surface area contributed by atoms with E-state index in [2.05, 4.69) is 6.58 Å². The van der Waals surface area contributed by atoms with Crippen LogP contribution in [-0.4, -0.2) is 23.4 Å². The monoisotopic (exact) mass is 237 g/mol. The number of benzene rings is 1. The van der Waals surface area contributed by atoms with Gasteiger partial charge in [-0.1, -0.05) is 6.08 Å². The van der Waals surface area contributed by atoms with E-state index in [4.69, 9.17) is 15.6 Å². The summed E-state index contributed by atoms with van der Waals surface area (Å²) in [5.41, 5.74) is 7.20. The standard InChI is InChI=1S/C13H19NO3/c1-3-5-9-6-10(11(14)8-15)7-12(13(9)16)17-4-2/h3,6-7,11,15-16H,1,4-5,8,14H2,2H3/t11-/m0/s1. The van der Waals surface area contributed by atoms with Crippen LogP contribution in [0.1, 0.15) is 24.1 Å². The van der Waals surface area contributed by atoms with Gasteiger partial charge in [0.1, 0.15) is 0 Å². The first-order chi connectivity index (χ1) is 8.13. The van der Waals surface area contributed by atoms with Gasteiger partial charge in [-0.2, -0.15) is 0 Å². The molecule has 0 saturated heterocycles. The molecule has 4 heteroatoms. The highest BCUT2D eigenvalue weighted by Crippen LogP contribution is 2.33. The van der Waals surface area contributed by atoms with E-state index < -0.39 is 6.04 Å². The third kappa shape index (κ3) is 3.22. The van der Waals surface area contributed by atoms with Crippen molar-refractivity contribution in [3.05, 3.63) is 35.9 Å². The summed E-state index contributed by atoms with van der Waals surface area (Å²) in [6.07, 6.45) is 2.22. The fraction of sp³-hybridized carbons (Fsp3) is 0.385. The lowest BCUT2D eigenvalue weighted by atomic mass is 10.0. The van der Waals surface area contributed by atoms with Crippen molar-refractivity contribution >= 4 is 0 Å². The molecule has 0 amide bonds. The number of aliphatic hydroxyl groups is 1. The summed E-state index contributed by atoms with van der Waals surface area (Å²) in [5, 5.41) is 19.0. The number of ether oxygens (including phenoxy) is 1. The van der Waals surface area contributed by atoms with E-state index in [0.29, 0.717) is 24.3 Å². The van der Waals surface area contributed by atoms with E-state index in [9.17, 15) is 5.11 Å². The van der Waals surface area contributed by atoms with E-state index in [-0.39, 0.29) is 12.4 Å². The van der Waals surface area contributed by atoms with Gasteiger partial charge in [-0.15, -0.1) is 6.58 Å². The zero-order valence-corrected chi connectivity index (χ0v) is 10.0. The average molecular weight is 237 g/mol. The summed E-state index contributed by atoms with van der Waals surface area (Å²) in [4.78, 5) is 0. The molecule has 1 aromatic carbocycles. The van der Waals surface area contributed by atoms with Gasteiger partial charge >= 0.3 is 0 Å². The smallest absolute Gasteiger partial charge is 0.161 e. The van der Waals surface area contributed by atoms with Gasteiger partial charge in [0.05, 0.1) is 19.3 Å². The normalized spacial score (nSPS) is 12.2. The van der Waals surface area contributed by atoms with Gasteiger partial charge in [0, 0.05) is 5.56 Å². The molecule has 0 heterocycles. The van der Waals surface area contributed by atoms with Gasteiger partial charge in [-0.3, -0.25) is 0 Å². The predicted octanol–water partition coefficient (Wildman–Crippen LogP) is 1.51. The summed E-state index contributed by atoms with van der Waals surface area (Å²) in [6.45, 7) is 5.78. The minimum Gasteiger partial charge on any atom is -0.504 e. The van der Waals surface area contributed by atoms with Crippen LogP contribution < -0.4 is 10.5 Å². The first-order valence-electron chi connectivity index (χ1n) is 5.59. The van der Waals surface area contributed by atoms with Gasteiger partial charge < -0.3 is 20.7 Å². The van der Waals surface area contributed by atoms with Crippen LogP contribution in [0.25, 0.3) is 0 Å². The molecule has 4 nitrogen and oxygen atoms in total. The number of phenols is 1. The highest BCUT2D eigenvalue weighted by Gasteiger charge is 2.13. The van der Waals surface area contributed by atoms with Crippen molar-refractivity contribution in [2.75, 3.05) is 13.2 Å². The highest BCUT2D eigenvalue weighted by molar-refractivity contribution is 5.50. The van der Waals surface area contributed by atoms with Crippen molar-refractivity contribution in [2.45, 2.75) is 19.4 Å². The average Bonchev–Trinajstić information content (AvgIpc) is 2.33. The lowest BCUT2D eigenvalue weighted by Crippen LogP contribution is -2.15. The molecule has 0 bridgehead atoms. The van der Waals surface area contributed by atoms with Gasteiger partial charge in [-0.25, -0.2) is 0 Å². The summed E-state index contributed by atoms with van der Waals surface area (Å²) < 4.78 is 5.34. The van der Waals surface area contributed by atoms with Gasteiger partial charge in [-0.05, 0) is 31.0 Å². The molecule has 0 radical (unpaired) electrons. The van der Waals surface area contributed by atoms with Crippen LogP contribution in [0.2, 0.25) is 0 Å².